The highest BCUT2D eigenvalue weighted by molar-refractivity contribution is 7.84. The Balaban J connectivity index is 0. The van der Waals surface area contributed by atoms with Crippen molar-refractivity contribution in [2.75, 3.05) is 6.26 Å². The van der Waals surface area contributed by atoms with Crippen LogP contribution in [0.4, 0.5) is 0 Å². The molecule has 0 bridgehead atoms. The second-order valence-corrected chi connectivity index (χ2v) is 3.49. The first-order chi connectivity index (χ1) is 2.64. The smallest absolute Gasteiger partial charge is 0.0288 e. The molecule has 0 radical (unpaired) electrons. The fourth-order valence-electron chi connectivity index (χ4n) is 0. The summed E-state index contributed by atoms with van der Waals surface area (Å²) < 4.78 is 10.3. The first-order valence-corrected chi connectivity index (χ1v) is 3.59. The lowest BCUT2D eigenvalue weighted by Gasteiger charge is -1.92. The molecule has 0 spiro atoms. The van der Waals surface area contributed by atoms with Gasteiger partial charge in [-0.15, -0.1) is 0 Å². The maximum absolute atomic E-state index is 10.3. The van der Waals surface area contributed by atoms with Crippen molar-refractivity contribution in [1.29, 1.82) is 0 Å². The van der Waals surface area contributed by atoms with Crippen LogP contribution in [0.1, 0.15) is 21.3 Å². The molecule has 0 aromatic rings. The molecule has 0 aliphatic heterocycles. The first kappa shape index (κ1) is 10.2. The van der Waals surface area contributed by atoms with Crippen molar-refractivity contribution in [1.82, 2.24) is 0 Å². The fourth-order valence-corrected chi connectivity index (χ4v) is 0. The first-order valence-electron chi connectivity index (χ1n) is 1.97. The minimum Gasteiger partial charge on any atom is -0.260 e. The molecule has 0 aromatic carbocycles. The quantitative estimate of drug-likeness (QED) is 0.514. The summed E-state index contributed by atoms with van der Waals surface area (Å²) in [6.45, 7) is 3.88. The van der Waals surface area contributed by atoms with Gasteiger partial charge in [0.05, 0.1) is 0 Å². The van der Waals surface area contributed by atoms with E-state index in [9.17, 15) is 4.21 Å². The Hall–Kier alpha value is 0.150. The largest absolute Gasteiger partial charge is 0.260 e. The second-order valence-electron chi connectivity index (χ2n) is 1.55. The lowest BCUT2D eigenvalue weighted by molar-refractivity contribution is 0.681. The van der Waals surface area contributed by atoms with Gasteiger partial charge in [-0.1, -0.05) is 21.3 Å². The van der Waals surface area contributed by atoms with Crippen LogP contribution >= 0.6 is 0 Å². The van der Waals surface area contributed by atoms with E-state index in [4.69, 9.17) is 0 Å². The Morgan fingerprint density at radius 2 is 1.57 bits per heavy atom. The van der Waals surface area contributed by atoms with Gasteiger partial charge in [0.1, 0.15) is 0 Å². The molecule has 0 saturated heterocycles. The predicted molar refractivity (Wildman–Crippen MR) is 35.9 cm³/mol. The molecule has 0 heterocycles. The van der Waals surface area contributed by atoms with Gasteiger partial charge in [-0.3, -0.25) is 4.21 Å². The molecule has 1 atom stereocenters. The van der Waals surface area contributed by atoms with Gasteiger partial charge < -0.3 is 0 Å². The normalized spacial score (nSPS) is 13.1. The maximum Gasteiger partial charge on any atom is 0.0288 e. The summed E-state index contributed by atoms with van der Waals surface area (Å²) in [5.74, 6) is 0. The Bertz CT molecular complexity index is 59.1. The number of rotatable bonds is 1. The van der Waals surface area contributed by atoms with Crippen LogP contribution < -0.4 is 0 Å². The molecule has 1 nitrogen and oxygen atoms in total. The highest BCUT2D eigenvalue weighted by atomic mass is 32.2. The minimum atomic E-state index is -0.617. The van der Waals surface area contributed by atoms with E-state index in [1.165, 1.54) is 0 Å². The topological polar surface area (TPSA) is 17.1 Å². The second kappa shape index (κ2) is 4.31. The summed E-state index contributed by atoms with van der Waals surface area (Å²) in [5, 5.41) is 0.324. The van der Waals surface area contributed by atoms with Crippen molar-refractivity contribution in [2.45, 2.75) is 26.5 Å². The maximum atomic E-state index is 10.3. The third-order valence-corrected chi connectivity index (χ3v) is 1.99. The monoisotopic (exact) mass is 122 g/mol. The molecule has 0 N–H and O–H groups in total. The van der Waals surface area contributed by atoms with Crippen LogP contribution in [0.2, 0.25) is 0 Å². The molecule has 0 fully saturated rings. The fraction of sp³-hybridized carbons (Fsp3) is 1.00. The minimum absolute atomic E-state index is 0. The average Bonchev–Trinajstić information content (AvgIpc) is 1.36. The van der Waals surface area contributed by atoms with E-state index in [0.717, 1.165) is 0 Å². The summed E-state index contributed by atoms with van der Waals surface area (Å²) in [6, 6.07) is 0. The van der Waals surface area contributed by atoms with Crippen LogP contribution in [0.5, 0.6) is 0 Å². The standard InChI is InChI=1S/C4H10OS.CH4/c1-4(2)6(3)5;/h4H,1-3H3;1H4. The van der Waals surface area contributed by atoms with Crippen LogP contribution in [0, 0.1) is 0 Å². The molecule has 2 heteroatoms. The molecular formula is C5H14OS. The Morgan fingerprint density at radius 1 is 1.43 bits per heavy atom. The molecule has 0 aliphatic rings. The SMILES string of the molecule is C.CC(C)S(C)=O. The van der Waals surface area contributed by atoms with Gasteiger partial charge in [0.25, 0.3) is 0 Å². The zero-order valence-electron chi connectivity index (χ0n) is 4.39. The van der Waals surface area contributed by atoms with Crippen LogP contribution in [0.25, 0.3) is 0 Å². The van der Waals surface area contributed by atoms with E-state index in [0.29, 0.717) is 5.25 Å². The highest BCUT2D eigenvalue weighted by Gasteiger charge is 1.92. The zero-order chi connectivity index (χ0) is 5.15. The van der Waals surface area contributed by atoms with E-state index < -0.39 is 10.8 Å². The van der Waals surface area contributed by atoms with Crippen molar-refractivity contribution in [3.05, 3.63) is 0 Å². The van der Waals surface area contributed by atoms with Crippen molar-refractivity contribution in [2.24, 2.45) is 0 Å². The third kappa shape index (κ3) is 6.15. The van der Waals surface area contributed by atoms with E-state index in [-0.39, 0.29) is 7.43 Å². The van der Waals surface area contributed by atoms with Crippen molar-refractivity contribution >= 4 is 10.8 Å². The Morgan fingerprint density at radius 3 is 1.57 bits per heavy atom. The molecule has 0 aliphatic carbocycles. The predicted octanol–water partition coefficient (Wildman–Crippen LogP) is 1.41. The molecular weight excluding hydrogens is 108 g/mol. The molecule has 7 heavy (non-hydrogen) atoms. The zero-order valence-corrected chi connectivity index (χ0v) is 5.21. The van der Waals surface area contributed by atoms with Crippen LogP contribution in [-0.4, -0.2) is 15.7 Å². The van der Waals surface area contributed by atoms with Gasteiger partial charge in [0.2, 0.25) is 0 Å². The highest BCUT2D eigenvalue weighted by Crippen LogP contribution is 1.85. The molecule has 0 saturated carbocycles. The number of hydrogen-bond donors (Lipinski definition) is 0. The molecule has 1 unspecified atom stereocenters. The van der Waals surface area contributed by atoms with E-state index >= 15 is 0 Å². The van der Waals surface area contributed by atoms with Crippen LogP contribution in [0.3, 0.4) is 0 Å². The summed E-state index contributed by atoms with van der Waals surface area (Å²) in [5.41, 5.74) is 0. The van der Waals surface area contributed by atoms with E-state index in [2.05, 4.69) is 0 Å². The lowest BCUT2D eigenvalue weighted by Crippen LogP contribution is -2.00. The van der Waals surface area contributed by atoms with E-state index in [1.807, 2.05) is 13.8 Å². The lowest BCUT2D eigenvalue weighted by atomic mass is 10.6. The third-order valence-electron chi connectivity index (χ3n) is 0.664. The van der Waals surface area contributed by atoms with Gasteiger partial charge in [-0.2, -0.15) is 0 Å². The molecule has 0 amide bonds. The van der Waals surface area contributed by atoms with Crippen molar-refractivity contribution < 1.29 is 4.21 Å². The Kier molecular flexibility index (Phi) is 6.28. The summed E-state index contributed by atoms with van der Waals surface area (Å²) >= 11 is 0. The van der Waals surface area contributed by atoms with Gasteiger partial charge >= 0.3 is 0 Å². The van der Waals surface area contributed by atoms with E-state index in [1.54, 1.807) is 6.26 Å². The Labute approximate surface area is 48.6 Å². The van der Waals surface area contributed by atoms with Crippen LogP contribution in [-0.2, 0) is 10.8 Å². The molecule has 0 rings (SSSR count). The van der Waals surface area contributed by atoms with Gasteiger partial charge in [-0.05, 0) is 0 Å². The average molecular weight is 122 g/mol. The summed E-state index contributed by atoms with van der Waals surface area (Å²) in [4.78, 5) is 0. The van der Waals surface area contributed by atoms with Crippen LogP contribution in [0.15, 0.2) is 0 Å². The van der Waals surface area contributed by atoms with Gasteiger partial charge in [0.15, 0.2) is 0 Å². The van der Waals surface area contributed by atoms with Gasteiger partial charge in [-0.25, -0.2) is 0 Å². The number of hydrogen-bond acceptors (Lipinski definition) is 1. The summed E-state index contributed by atoms with van der Waals surface area (Å²) in [6.07, 6.45) is 1.71. The summed E-state index contributed by atoms with van der Waals surface area (Å²) in [7, 11) is -0.617. The van der Waals surface area contributed by atoms with Crippen molar-refractivity contribution in [3.8, 4) is 0 Å². The van der Waals surface area contributed by atoms with Gasteiger partial charge in [0, 0.05) is 22.3 Å². The molecule has 0 aromatic heterocycles. The van der Waals surface area contributed by atoms with Crippen molar-refractivity contribution in [3.63, 3.8) is 0 Å². The molecule has 46 valence electrons.